The van der Waals surface area contributed by atoms with Gasteiger partial charge in [-0.1, -0.05) is 140 Å². The summed E-state index contributed by atoms with van der Waals surface area (Å²) < 4.78 is 23.2. The van der Waals surface area contributed by atoms with E-state index in [1.54, 1.807) is 7.11 Å². The third-order valence-electron chi connectivity index (χ3n) is 12.4. The zero-order valence-electron chi connectivity index (χ0n) is 37.5. The van der Waals surface area contributed by atoms with Gasteiger partial charge in [0.1, 0.15) is 12.7 Å². The lowest BCUT2D eigenvalue weighted by Crippen LogP contribution is -2.32. The number of hydrogen-bond donors (Lipinski definition) is 4. The summed E-state index contributed by atoms with van der Waals surface area (Å²) in [5.74, 6) is 1.16. The molecule has 0 aliphatic carbocycles. The fraction of sp³-hybridized carbons (Fsp3) is 0.706. The van der Waals surface area contributed by atoms with E-state index in [2.05, 4.69) is 36.5 Å². The molecule has 7 atom stereocenters. The predicted octanol–water partition coefficient (Wildman–Crippen LogP) is 10.5. The summed E-state index contributed by atoms with van der Waals surface area (Å²) >= 11 is 0. The van der Waals surface area contributed by atoms with Gasteiger partial charge in [-0.2, -0.15) is 0 Å². The first-order chi connectivity index (χ1) is 29.2. The molecule has 4 N–H and O–H groups in total. The van der Waals surface area contributed by atoms with Crippen molar-refractivity contribution in [1.29, 1.82) is 0 Å². The van der Waals surface area contributed by atoms with Crippen LogP contribution in [0.4, 0.5) is 0 Å². The van der Waals surface area contributed by atoms with Crippen LogP contribution in [0, 0.1) is 0 Å². The van der Waals surface area contributed by atoms with E-state index in [4.69, 9.17) is 18.9 Å². The number of rotatable bonds is 34. The number of methoxy groups -OCH3 is 1. The van der Waals surface area contributed by atoms with Crippen LogP contribution in [0.25, 0.3) is 0 Å². The van der Waals surface area contributed by atoms with Crippen LogP contribution >= 0.6 is 0 Å². The summed E-state index contributed by atoms with van der Waals surface area (Å²) in [5, 5.41) is 36.3. The standard InChI is InChI=1S/C51H81NO8/c1-4-5-6-7-8-9-10-11-12-19-27-45(54)47-31-32-48(60-47)46(55)28-21-20-25-43(24-17-14-18-26-44(53)37-42-35-39(2)59-51(42)56)52-34-33-40-29-30-49(57-3)50(36-40)58-38-41-22-15-13-16-23-41/h13,15-16,22-23,29-30,35-36,39,43-48,52-55H,4-12,14,17-21,24-28,31-34,37-38H2,1-3H3/t39-,43?,44+,45-,46-,47-,48-/m0/s1. The maximum Gasteiger partial charge on any atom is 0.334 e. The Hall–Kier alpha value is -2.95. The lowest BCUT2D eigenvalue weighted by atomic mass is 9.97. The largest absolute Gasteiger partial charge is 0.493 e. The van der Waals surface area contributed by atoms with Crippen LogP contribution in [0.5, 0.6) is 11.5 Å². The molecule has 9 nitrogen and oxygen atoms in total. The van der Waals surface area contributed by atoms with E-state index in [1.807, 2.05) is 37.3 Å². The van der Waals surface area contributed by atoms with Crippen LogP contribution < -0.4 is 14.8 Å². The monoisotopic (exact) mass is 836 g/mol. The molecule has 2 aliphatic rings. The first kappa shape index (κ1) is 49.7. The normalized spacial score (nSPS) is 19.8. The molecule has 0 spiro atoms. The first-order valence-corrected chi connectivity index (χ1v) is 23.9. The molecular weight excluding hydrogens is 755 g/mol. The van der Waals surface area contributed by atoms with Gasteiger partial charge in [0.05, 0.1) is 37.6 Å². The predicted molar refractivity (Wildman–Crippen MR) is 241 cm³/mol. The zero-order chi connectivity index (χ0) is 42.8. The van der Waals surface area contributed by atoms with Gasteiger partial charge in [-0.15, -0.1) is 0 Å². The molecule has 0 amide bonds. The average Bonchev–Trinajstić information content (AvgIpc) is 3.88. The first-order valence-electron chi connectivity index (χ1n) is 23.9. The van der Waals surface area contributed by atoms with Gasteiger partial charge in [-0.05, 0) is 94.2 Å². The third kappa shape index (κ3) is 19.4. The fourth-order valence-electron chi connectivity index (χ4n) is 8.79. The molecule has 2 aromatic rings. The maximum absolute atomic E-state index is 12.0. The summed E-state index contributed by atoms with van der Waals surface area (Å²) in [5.41, 5.74) is 2.88. The number of nitrogens with one attached hydrogen (secondary N) is 1. The molecule has 0 saturated carbocycles. The highest BCUT2D eigenvalue weighted by Gasteiger charge is 2.34. The van der Waals surface area contributed by atoms with Gasteiger partial charge in [0, 0.05) is 18.0 Å². The molecule has 4 rings (SSSR count). The maximum atomic E-state index is 12.0. The van der Waals surface area contributed by atoms with Crippen molar-refractivity contribution in [2.24, 2.45) is 0 Å². The smallest absolute Gasteiger partial charge is 0.334 e. The molecular formula is C51H81NO8. The van der Waals surface area contributed by atoms with Gasteiger partial charge in [0.2, 0.25) is 0 Å². The molecule has 1 unspecified atom stereocenters. The summed E-state index contributed by atoms with van der Waals surface area (Å²) in [6, 6.07) is 16.6. The van der Waals surface area contributed by atoms with E-state index in [1.165, 1.54) is 63.4 Å². The van der Waals surface area contributed by atoms with Gasteiger partial charge in [0.25, 0.3) is 0 Å². The third-order valence-corrected chi connectivity index (χ3v) is 12.4. The van der Waals surface area contributed by atoms with Crippen molar-refractivity contribution in [1.82, 2.24) is 5.32 Å². The molecule has 9 heteroatoms. The Labute approximate surface area is 363 Å². The number of carbonyl (C=O) groups is 1. The second kappa shape index (κ2) is 29.4. The summed E-state index contributed by atoms with van der Waals surface area (Å²) in [6.45, 7) is 5.41. The topological polar surface area (TPSA) is 127 Å². The summed E-state index contributed by atoms with van der Waals surface area (Å²) in [6.07, 6.45) is 24.6. The zero-order valence-corrected chi connectivity index (χ0v) is 37.5. The van der Waals surface area contributed by atoms with Crippen molar-refractivity contribution in [3.63, 3.8) is 0 Å². The van der Waals surface area contributed by atoms with E-state index in [0.717, 1.165) is 101 Å². The molecule has 338 valence electrons. The summed E-state index contributed by atoms with van der Waals surface area (Å²) in [4.78, 5) is 12.0. The van der Waals surface area contributed by atoms with Crippen molar-refractivity contribution < 1.29 is 39.1 Å². The van der Waals surface area contributed by atoms with Gasteiger partial charge in [-0.25, -0.2) is 4.79 Å². The molecule has 0 radical (unpaired) electrons. The lowest BCUT2D eigenvalue weighted by Gasteiger charge is -2.23. The molecule has 2 aliphatic heterocycles. The Morgan fingerprint density at radius 2 is 1.30 bits per heavy atom. The molecule has 2 aromatic carbocycles. The number of aliphatic hydroxyl groups excluding tert-OH is 3. The van der Waals surface area contributed by atoms with Crippen molar-refractivity contribution in [2.75, 3.05) is 13.7 Å². The Morgan fingerprint density at radius 1 is 0.717 bits per heavy atom. The second-order valence-corrected chi connectivity index (χ2v) is 17.6. The molecule has 60 heavy (non-hydrogen) atoms. The number of cyclic esters (lactones) is 1. The number of esters is 1. The minimum Gasteiger partial charge on any atom is -0.493 e. The van der Waals surface area contributed by atoms with Crippen LogP contribution in [0.1, 0.15) is 173 Å². The molecule has 0 bridgehead atoms. The highest BCUT2D eigenvalue weighted by molar-refractivity contribution is 5.90. The van der Waals surface area contributed by atoms with Crippen LogP contribution in [-0.4, -0.2) is 77.6 Å². The highest BCUT2D eigenvalue weighted by atomic mass is 16.5. The Balaban J connectivity index is 1.16. The molecule has 2 heterocycles. The van der Waals surface area contributed by atoms with Crippen LogP contribution in [0.15, 0.2) is 60.2 Å². The number of ether oxygens (including phenoxy) is 4. The van der Waals surface area contributed by atoms with E-state index >= 15 is 0 Å². The van der Waals surface area contributed by atoms with Crippen molar-refractivity contribution in [3.8, 4) is 11.5 Å². The molecule has 1 fully saturated rings. The minimum absolute atomic E-state index is 0.157. The SMILES string of the molecule is CCCCCCCCCCCC[C@H](O)[C@@H]1CC[C@@H]([C@@H](O)CCCCC(CCCCC[C@@H](O)CC2=C[C@H](C)OC2=O)NCCc2ccc(OC)c(OCc3ccccc3)c2)O1. The van der Waals surface area contributed by atoms with E-state index in [0.29, 0.717) is 37.5 Å². The van der Waals surface area contributed by atoms with Crippen LogP contribution in [0.2, 0.25) is 0 Å². The number of aliphatic hydroxyl groups is 3. The van der Waals surface area contributed by atoms with Crippen molar-refractivity contribution in [2.45, 2.75) is 217 Å². The van der Waals surface area contributed by atoms with Crippen molar-refractivity contribution in [3.05, 3.63) is 71.3 Å². The Morgan fingerprint density at radius 3 is 1.93 bits per heavy atom. The summed E-state index contributed by atoms with van der Waals surface area (Å²) in [7, 11) is 1.67. The Kier molecular flexibility index (Phi) is 24.3. The lowest BCUT2D eigenvalue weighted by molar-refractivity contribution is -0.139. The van der Waals surface area contributed by atoms with E-state index < -0.39 is 18.3 Å². The number of hydrogen-bond acceptors (Lipinski definition) is 9. The van der Waals surface area contributed by atoms with Gasteiger partial charge < -0.3 is 39.6 Å². The molecule has 1 saturated heterocycles. The van der Waals surface area contributed by atoms with Gasteiger partial charge in [0.15, 0.2) is 11.5 Å². The number of benzene rings is 2. The number of carbonyl (C=O) groups excluding carboxylic acids is 1. The Bertz CT molecular complexity index is 1470. The van der Waals surface area contributed by atoms with E-state index in [9.17, 15) is 20.1 Å². The minimum atomic E-state index is -0.535. The van der Waals surface area contributed by atoms with Crippen molar-refractivity contribution >= 4 is 5.97 Å². The second-order valence-electron chi connectivity index (χ2n) is 17.6. The van der Waals surface area contributed by atoms with Gasteiger partial charge >= 0.3 is 5.97 Å². The number of unbranched alkanes of at least 4 members (excludes halogenated alkanes) is 12. The van der Waals surface area contributed by atoms with Gasteiger partial charge in [-0.3, -0.25) is 0 Å². The fourth-order valence-corrected chi connectivity index (χ4v) is 8.79. The van der Waals surface area contributed by atoms with Crippen LogP contribution in [-0.2, 0) is 27.3 Å². The highest BCUT2D eigenvalue weighted by Crippen LogP contribution is 2.30. The van der Waals surface area contributed by atoms with E-state index in [-0.39, 0.29) is 24.3 Å². The molecule has 0 aromatic heterocycles. The van der Waals surface area contributed by atoms with Crippen LogP contribution in [0.3, 0.4) is 0 Å². The average molecular weight is 836 g/mol. The quantitative estimate of drug-likeness (QED) is 0.0403.